The lowest BCUT2D eigenvalue weighted by atomic mass is 9.89. The molecule has 1 saturated heterocycles. The molecule has 3 aromatic heterocycles. The second-order valence-corrected chi connectivity index (χ2v) is 9.70. The first-order valence-corrected chi connectivity index (χ1v) is 12.2. The highest BCUT2D eigenvalue weighted by atomic mass is 19.1. The van der Waals surface area contributed by atoms with Crippen molar-refractivity contribution in [2.75, 3.05) is 18.4 Å². The zero-order valence-electron chi connectivity index (χ0n) is 19.3. The average molecular weight is 475 g/mol. The highest BCUT2D eigenvalue weighted by molar-refractivity contribution is 5.97. The molecule has 35 heavy (non-hydrogen) atoms. The molecule has 0 aromatic carbocycles. The number of allylic oxidation sites excluding steroid dienone is 1. The molecule has 2 aliphatic carbocycles. The van der Waals surface area contributed by atoms with E-state index in [4.69, 9.17) is 0 Å². The molecule has 1 unspecified atom stereocenters. The maximum Gasteiger partial charge on any atom is 0.254 e. The number of nitrogens with zero attached hydrogens (tertiary/aromatic N) is 3. The number of aromatic nitrogens is 3. The summed E-state index contributed by atoms with van der Waals surface area (Å²) < 4.78 is 13.3. The van der Waals surface area contributed by atoms with Crippen molar-refractivity contribution < 1.29 is 14.0 Å². The zero-order chi connectivity index (χ0) is 23.9. The van der Waals surface area contributed by atoms with E-state index in [-0.39, 0.29) is 23.8 Å². The van der Waals surface area contributed by atoms with Crippen LogP contribution in [0.3, 0.4) is 0 Å². The van der Waals surface area contributed by atoms with Gasteiger partial charge in [0.1, 0.15) is 11.5 Å². The lowest BCUT2D eigenvalue weighted by Crippen LogP contribution is -2.61. The Hall–Kier alpha value is -3.59. The molecule has 9 heteroatoms. The lowest BCUT2D eigenvalue weighted by Gasteiger charge is -2.42. The minimum absolute atomic E-state index is 0.0540. The van der Waals surface area contributed by atoms with Gasteiger partial charge in [-0.2, -0.15) is 4.39 Å². The summed E-state index contributed by atoms with van der Waals surface area (Å²) in [7, 11) is 0. The molecule has 0 bridgehead atoms. The van der Waals surface area contributed by atoms with Gasteiger partial charge in [0.15, 0.2) is 0 Å². The van der Waals surface area contributed by atoms with Crippen LogP contribution in [0, 0.1) is 11.9 Å². The number of nitrogens with one attached hydrogen (secondary N) is 3. The first kappa shape index (κ1) is 21.9. The first-order valence-electron chi connectivity index (χ1n) is 12.2. The van der Waals surface area contributed by atoms with E-state index in [2.05, 4.69) is 31.7 Å². The van der Waals surface area contributed by atoms with Crippen LogP contribution in [-0.2, 0) is 4.79 Å². The summed E-state index contributed by atoms with van der Waals surface area (Å²) in [5, 5.41) is 7.70. The van der Waals surface area contributed by atoms with Crippen molar-refractivity contribution in [3.63, 3.8) is 0 Å². The first-order chi connectivity index (χ1) is 17.0. The minimum Gasteiger partial charge on any atom is -0.346 e. The summed E-state index contributed by atoms with van der Waals surface area (Å²) in [6, 6.07) is 7.34. The second kappa shape index (κ2) is 8.88. The molecule has 8 nitrogen and oxygen atoms in total. The van der Waals surface area contributed by atoms with Gasteiger partial charge >= 0.3 is 0 Å². The number of hydrogen-bond acceptors (Lipinski definition) is 5. The van der Waals surface area contributed by atoms with E-state index in [1.54, 1.807) is 11.0 Å². The summed E-state index contributed by atoms with van der Waals surface area (Å²) in [4.78, 5) is 37.7. The molecule has 0 spiro atoms. The summed E-state index contributed by atoms with van der Waals surface area (Å²) in [6.45, 7) is 1.24. The van der Waals surface area contributed by atoms with Crippen molar-refractivity contribution in [3.05, 3.63) is 59.8 Å². The van der Waals surface area contributed by atoms with Crippen molar-refractivity contribution in [1.29, 1.82) is 0 Å². The highest BCUT2D eigenvalue weighted by Gasteiger charge is 2.33. The summed E-state index contributed by atoms with van der Waals surface area (Å²) in [5.41, 5.74) is 3.50. The number of halogens is 1. The predicted octanol–water partition coefficient (Wildman–Crippen LogP) is 3.50. The molecule has 2 fully saturated rings. The van der Waals surface area contributed by atoms with Crippen LogP contribution in [-0.4, -0.2) is 56.8 Å². The molecule has 3 aliphatic rings. The van der Waals surface area contributed by atoms with Gasteiger partial charge in [-0.3, -0.25) is 9.59 Å². The Labute approximate surface area is 202 Å². The molecule has 6 rings (SSSR count). The Balaban J connectivity index is 1.08. The van der Waals surface area contributed by atoms with Crippen LogP contribution in [0.5, 0.6) is 0 Å². The van der Waals surface area contributed by atoms with Crippen LogP contribution in [0.1, 0.15) is 48.0 Å². The molecule has 1 saturated carbocycles. The smallest absolute Gasteiger partial charge is 0.254 e. The third-order valence-electron chi connectivity index (χ3n) is 7.10. The Kier molecular flexibility index (Phi) is 5.56. The van der Waals surface area contributed by atoms with Crippen molar-refractivity contribution in [2.24, 2.45) is 5.92 Å². The van der Waals surface area contributed by atoms with Gasteiger partial charge in [0.2, 0.25) is 11.9 Å². The number of amides is 2. The van der Waals surface area contributed by atoms with E-state index in [9.17, 15) is 14.0 Å². The molecule has 1 atom stereocenters. The third-order valence-corrected chi connectivity index (χ3v) is 7.10. The fourth-order valence-corrected chi connectivity index (χ4v) is 4.97. The maximum atomic E-state index is 13.3. The lowest BCUT2D eigenvalue weighted by molar-refractivity contribution is -0.117. The number of rotatable bonds is 6. The van der Waals surface area contributed by atoms with Gasteiger partial charge in [0.05, 0.1) is 0 Å². The normalized spacial score (nSPS) is 20.4. The van der Waals surface area contributed by atoms with E-state index >= 15 is 0 Å². The van der Waals surface area contributed by atoms with Crippen LogP contribution < -0.4 is 10.6 Å². The van der Waals surface area contributed by atoms with Crippen molar-refractivity contribution in [3.8, 4) is 0 Å². The predicted molar refractivity (Wildman–Crippen MR) is 130 cm³/mol. The summed E-state index contributed by atoms with van der Waals surface area (Å²) in [5.74, 6) is -0.0177. The van der Waals surface area contributed by atoms with Crippen LogP contribution in [0.4, 0.5) is 10.2 Å². The van der Waals surface area contributed by atoms with Gasteiger partial charge < -0.3 is 20.5 Å². The minimum atomic E-state index is -0.639. The highest BCUT2D eigenvalue weighted by Crippen LogP contribution is 2.34. The number of carbonyl (C=O) groups is 2. The Morgan fingerprint density at radius 1 is 1.11 bits per heavy atom. The molecule has 0 radical (unpaired) electrons. The Morgan fingerprint density at radius 2 is 1.97 bits per heavy atom. The van der Waals surface area contributed by atoms with Crippen LogP contribution in [0.2, 0.25) is 0 Å². The molecule has 3 N–H and O–H groups in total. The van der Waals surface area contributed by atoms with E-state index in [0.29, 0.717) is 30.5 Å². The van der Waals surface area contributed by atoms with Gasteiger partial charge in [-0.15, -0.1) is 0 Å². The SMILES string of the molecule is O=C(Nc1cc(C2=CCC(NC3CN(C(=O)c4ccnc(F)c4)C3)CC2)c2cc[nH]c2n1)C1CC1. The Morgan fingerprint density at radius 3 is 2.71 bits per heavy atom. The van der Waals surface area contributed by atoms with Crippen LogP contribution in [0.15, 0.2) is 42.7 Å². The number of likely N-dealkylation sites (tertiary alicyclic amines) is 1. The topological polar surface area (TPSA) is 103 Å². The average Bonchev–Trinajstić information content (AvgIpc) is 3.59. The molecule has 4 heterocycles. The summed E-state index contributed by atoms with van der Waals surface area (Å²) in [6.07, 6.45) is 10.2. The Bertz CT molecular complexity index is 1320. The number of fused-ring (bicyclic) bond motifs is 1. The molecule has 2 amide bonds. The molecular formula is C26H27FN6O2. The number of anilines is 1. The van der Waals surface area contributed by atoms with Crippen molar-refractivity contribution in [2.45, 2.75) is 44.2 Å². The van der Waals surface area contributed by atoms with E-state index in [1.165, 1.54) is 17.8 Å². The number of aromatic amines is 1. The fourth-order valence-electron chi connectivity index (χ4n) is 4.97. The van der Waals surface area contributed by atoms with Gasteiger partial charge in [-0.1, -0.05) is 6.08 Å². The quantitative estimate of drug-likeness (QED) is 0.475. The van der Waals surface area contributed by atoms with Gasteiger partial charge in [-0.25, -0.2) is 9.97 Å². The molecule has 180 valence electrons. The molecule has 3 aromatic rings. The third kappa shape index (κ3) is 4.55. The summed E-state index contributed by atoms with van der Waals surface area (Å²) >= 11 is 0. The number of hydrogen-bond donors (Lipinski definition) is 3. The second-order valence-electron chi connectivity index (χ2n) is 9.70. The molecular weight excluding hydrogens is 447 g/mol. The molecule has 1 aliphatic heterocycles. The van der Waals surface area contributed by atoms with Crippen molar-refractivity contribution >= 4 is 34.2 Å². The number of pyridine rings is 2. The van der Waals surface area contributed by atoms with E-state index in [0.717, 1.165) is 48.7 Å². The zero-order valence-corrected chi connectivity index (χ0v) is 19.3. The standard InChI is InChI=1S/C26H27FN6O2/c27-22-11-17(7-9-28-22)26(35)33-13-19(14-33)30-18-5-3-15(4-6-18)21-12-23(32-25(34)16-1-2-16)31-24-20(21)8-10-29-24/h3,7-12,16,18-19,30H,1-2,4-6,13-14H2,(H2,29,31,32,34). The van der Waals surface area contributed by atoms with Gasteiger partial charge in [0, 0.05) is 60.5 Å². The van der Waals surface area contributed by atoms with Crippen LogP contribution in [0.25, 0.3) is 16.6 Å². The van der Waals surface area contributed by atoms with Crippen LogP contribution >= 0.6 is 0 Å². The van der Waals surface area contributed by atoms with Gasteiger partial charge in [0.25, 0.3) is 5.91 Å². The number of H-pyrrole nitrogens is 1. The van der Waals surface area contributed by atoms with Crippen molar-refractivity contribution in [1.82, 2.24) is 25.2 Å². The maximum absolute atomic E-state index is 13.3. The number of carbonyl (C=O) groups excluding carboxylic acids is 2. The fraction of sp³-hybridized carbons (Fsp3) is 0.385. The van der Waals surface area contributed by atoms with E-state index < -0.39 is 5.95 Å². The monoisotopic (exact) mass is 474 g/mol. The largest absolute Gasteiger partial charge is 0.346 e. The van der Waals surface area contributed by atoms with E-state index in [1.807, 2.05) is 18.3 Å². The van der Waals surface area contributed by atoms with Gasteiger partial charge in [-0.05, 0) is 61.4 Å².